The topological polar surface area (TPSA) is 64.0 Å². The smallest absolute Gasteiger partial charge is 0.251 e. The van der Waals surface area contributed by atoms with Crippen LogP contribution in [0.3, 0.4) is 0 Å². The quantitative estimate of drug-likeness (QED) is 0.485. The highest BCUT2D eigenvalue weighted by Gasteiger charge is 2.10. The van der Waals surface area contributed by atoms with Crippen LogP contribution in [0.4, 0.5) is 0 Å². The van der Waals surface area contributed by atoms with Gasteiger partial charge < -0.3 is 5.32 Å². The van der Waals surface area contributed by atoms with Gasteiger partial charge in [0, 0.05) is 41.5 Å². The van der Waals surface area contributed by atoms with Crippen molar-refractivity contribution >= 4 is 22.7 Å². The number of aromatic nitrogens is 2. The summed E-state index contributed by atoms with van der Waals surface area (Å²) in [5, 5.41) is 3.98. The van der Waals surface area contributed by atoms with Crippen molar-refractivity contribution in [3.8, 4) is 11.1 Å². The molecule has 0 unspecified atom stereocenters. The predicted molar refractivity (Wildman–Crippen MR) is 123 cm³/mol. The molecular weight excluding hydrogens is 386 g/mol. The molecule has 5 nitrogen and oxygen atoms in total. The van der Waals surface area contributed by atoms with Gasteiger partial charge in [-0.15, -0.1) is 0 Å². The van der Waals surface area contributed by atoms with Crippen LogP contribution in [0.1, 0.15) is 45.4 Å². The number of benzene rings is 2. The molecule has 0 saturated heterocycles. The maximum atomic E-state index is 12.5. The fourth-order valence-electron chi connectivity index (χ4n) is 3.70. The molecule has 4 aromatic rings. The maximum Gasteiger partial charge on any atom is 0.251 e. The molecule has 0 atom stereocenters. The van der Waals surface area contributed by atoms with Crippen LogP contribution in [0.2, 0.25) is 0 Å². The summed E-state index contributed by atoms with van der Waals surface area (Å²) in [6.45, 7) is 6.21. The summed E-state index contributed by atoms with van der Waals surface area (Å²) in [6, 6.07) is 19.5. The second kappa shape index (κ2) is 8.56. The second-order valence-electron chi connectivity index (χ2n) is 7.66. The Labute approximate surface area is 181 Å². The lowest BCUT2D eigenvalue weighted by Gasteiger charge is -2.09. The first-order chi connectivity index (χ1) is 15.0. The molecule has 31 heavy (non-hydrogen) atoms. The number of pyridine rings is 1. The SMILES string of the molecule is CCC(=O)n1ccc2cc(-c3ccc(C(=O)NCc4ccc(C)nc4C)cc3)ccc21. The molecule has 0 saturated carbocycles. The Morgan fingerprint density at radius 3 is 2.39 bits per heavy atom. The van der Waals surface area contributed by atoms with Gasteiger partial charge in [-0.3, -0.25) is 19.1 Å². The Morgan fingerprint density at radius 1 is 0.935 bits per heavy atom. The Kier molecular flexibility index (Phi) is 5.67. The largest absolute Gasteiger partial charge is 0.348 e. The average Bonchev–Trinajstić information content (AvgIpc) is 3.21. The number of nitrogens with one attached hydrogen (secondary N) is 1. The zero-order valence-corrected chi connectivity index (χ0v) is 18.0. The van der Waals surface area contributed by atoms with Gasteiger partial charge in [-0.25, -0.2) is 0 Å². The van der Waals surface area contributed by atoms with Crippen LogP contribution in [0.5, 0.6) is 0 Å². The highest BCUT2D eigenvalue weighted by atomic mass is 16.2. The molecular formula is C26H25N3O2. The minimum absolute atomic E-state index is 0.0785. The van der Waals surface area contributed by atoms with Crippen LogP contribution in [0.15, 0.2) is 66.9 Å². The van der Waals surface area contributed by atoms with Gasteiger partial charge in [0.25, 0.3) is 5.91 Å². The summed E-state index contributed by atoms with van der Waals surface area (Å²) in [5.74, 6) is -0.0353. The molecule has 2 heterocycles. The van der Waals surface area contributed by atoms with E-state index in [0.717, 1.165) is 39.0 Å². The molecule has 0 fully saturated rings. The molecule has 0 aliphatic heterocycles. The van der Waals surface area contributed by atoms with Gasteiger partial charge >= 0.3 is 0 Å². The van der Waals surface area contributed by atoms with Crippen molar-refractivity contribution in [1.29, 1.82) is 0 Å². The van der Waals surface area contributed by atoms with Crippen molar-refractivity contribution in [3.05, 3.63) is 89.4 Å². The molecule has 0 radical (unpaired) electrons. The van der Waals surface area contributed by atoms with Crippen molar-refractivity contribution in [2.24, 2.45) is 0 Å². The van der Waals surface area contributed by atoms with Crippen molar-refractivity contribution < 1.29 is 9.59 Å². The lowest BCUT2D eigenvalue weighted by atomic mass is 10.0. The van der Waals surface area contributed by atoms with Crippen molar-refractivity contribution in [1.82, 2.24) is 14.9 Å². The summed E-state index contributed by atoms with van der Waals surface area (Å²) in [4.78, 5) is 29.0. The lowest BCUT2D eigenvalue weighted by molar-refractivity contribution is 0.0912. The first-order valence-corrected chi connectivity index (χ1v) is 10.4. The number of rotatable bonds is 5. The van der Waals surface area contributed by atoms with Crippen molar-refractivity contribution in [2.75, 3.05) is 0 Å². The summed E-state index contributed by atoms with van der Waals surface area (Å²) < 4.78 is 1.69. The Hall–Kier alpha value is -3.73. The third-order valence-corrected chi connectivity index (χ3v) is 5.52. The van der Waals surface area contributed by atoms with E-state index in [1.165, 1.54) is 0 Å². The molecule has 0 aliphatic carbocycles. The molecule has 0 aliphatic rings. The second-order valence-corrected chi connectivity index (χ2v) is 7.66. The minimum Gasteiger partial charge on any atom is -0.348 e. The van der Waals surface area contributed by atoms with Crippen LogP contribution in [-0.2, 0) is 6.54 Å². The monoisotopic (exact) mass is 411 g/mol. The van der Waals surface area contributed by atoms with E-state index in [9.17, 15) is 9.59 Å². The van der Waals surface area contributed by atoms with E-state index in [1.807, 2.05) is 81.6 Å². The van der Waals surface area contributed by atoms with Gasteiger partial charge in [-0.05, 0) is 66.9 Å². The van der Waals surface area contributed by atoms with Crippen LogP contribution in [-0.4, -0.2) is 21.4 Å². The Morgan fingerprint density at radius 2 is 1.68 bits per heavy atom. The molecule has 1 amide bonds. The predicted octanol–water partition coefficient (Wildman–Crippen LogP) is 5.30. The summed E-state index contributed by atoms with van der Waals surface area (Å²) in [5.41, 5.74) is 6.50. The normalized spacial score (nSPS) is 10.9. The van der Waals surface area contributed by atoms with E-state index in [2.05, 4.69) is 16.4 Å². The van der Waals surface area contributed by atoms with Crippen LogP contribution < -0.4 is 5.32 Å². The summed E-state index contributed by atoms with van der Waals surface area (Å²) in [7, 11) is 0. The van der Waals surface area contributed by atoms with E-state index in [-0.39, 0.29) is 11.8 Å². The number of nitrogens with zero attached hydrogens (tertiary/aromatic N) is 2. The number of amides is 1. The highest BCUT2D eigenvalue weighted by molar-refractivity contribution is 5.96. The van der Waals surface area contributed by atoms with Crippen LogP contribution in [0, 0.1) is 13.8 Å². The number of carbonyl (C=O) groups excluding carboxylic acids is 2. The van der Waals surface area contributed by atoms with Gasteiger partial charge in [0.15, 0.2) is 0 Å². The molecule has 156 valence electrons. The molecule has 1 N–H and O–H groups in total. The highest BCUT2D eigenvalue weighted by Crippen LogP contribution is 2.26. The fraction of sp³-hybridized carbons (Fsp3) is 0.192. The van der Waals surface area contributed by atoms with Crippen LogP contribution in [0.25, 0.3) is 22.0 Å². The number of carbonyl (C=O) groups is 2. The minimum atomic E-state index is -0.114. The standard InChI is InChI=1S/C26H25N3O2/c1-4-25(30)29-14-13-22-15-21(11-12-24(22)29)19-7-9-20(10-8-19)26(31)27-16-23-6-5-17(2)28-18(23)3/h5-15H,4,16H2,1-3H3,(H,27,31). The Bertz CT molecular complexity index is 1270. The van der Waals surface area contributed by atoms with Crippen molar-refractivity contribution in [2.45, 2.75) is 33.7 Å². The van der Waals surface area contributed by atoms with E-state index < -0.39 is 0 Å². The van der Waals surface area contributed by atoms with Gasteiger partial charge in [-0.1, -0.05) is 31.2 Å². The number of hydrogen-bond donors (Lipinski definition) is 1. The third kappa shape index (κ3) is 4.26. The molecule has 2 aromatic carbocycles. The zero-order valence-electron chi connectivity index (χ0n) is 18.0. The van der Waals surface area contributed by atoms with E-state index in [1.54, 1.807) is 4.57 Å². The average molecular weight is 412 g/mol. The van der Waals surface area contributed by atoms with Gasteiger partial charge in [0.2, 0.25) is 5.91 Å². The molecule has 4 rings (SSSR count). The maximum absolute atomic E-state index is 12.5. The first kappa shape index (κ1) is 20.5. The summed E-state index contributed by atoms with van der Waals surface area (Å²) >= 11 is 0. The number of hydrogen-bond acceptors (Lipinski definition) is 3. The third-order valence-electron chi connectivity index (χ3n) is 5.52. The van der Waals surface area contributed by atoms with E-state index in [4.69, 9.17) is 0 Å². The van der Waals surface area contributed by atoms with E-state index in [0.29, 0.717) is 18.5 Å². The number of fused-ring (bicyclic) bond motifs is 1. The fourth-order valence-corrected chi connectivity index (χ4v) is 3.70. The van der Waals surface area contributed by atoms with Gasteiger partial charge in [0.05, 0.1) is 5.52 Å². The first-order valence-electron chi connectivity index (χ1n) is 10.4. The van der Waals surface area contributed by atoms with E-state index >= 15 is 0 Å². The van der Waals surface area contributed by atoms with Gasteiger partial charge in [-0.2, -0.15) is 0 Å². The lowest BCUT2D eigenvalue weighted by Crippen LogP contribution is -2.23. The molecule has 2 aromatic heterocycles. The van der Waals surface area contributed by atoms with Gasteiger partial charge in [0.1, 0.15) is 0 Å². The number of aryl methyl sites for hydroxylation is 2. The van der Waals surface area contributed by atoms with Crippen LogP contribution >= 0.6 is 0 Å². The van der Waals surface area contributed by atoms with Crippen molar-refractivity contribution in [3.63, 3.8) is 0 Å². The summed E-state index contributed by atoms with van der Waals surface area (Å²) in [6.07, 6.45) is 2.29. The molecule has 0 spiro atoms. The molecule has 5 heteroatoms. The zero-order chi connectivity index (χ0) is 22.0. The Balaban J connectivity index is 1.48. The molecule has 0 bridgehead atoms.